The van der Waals surface area contributed by atoms with Crippen LogP contribution in [-0.2, 0) is 9.47 Å². The highest BCUT2D eigenvalue weighted by Crippen LogP contribution is 2.23. The fourth-order valence-electron chi connectivity index (χ4n) is 1.15. The summed E-state index contributed by atoms with van der Waals surface area (Å²) in [6, 6.07) is 0. The quantitative estimate of drug-likeness (QED) is 0.470. The Morgan fingerprint density at radius 3 is 2.75 bits per heavy atom. The molecule has 0 radical (unpaired) electrons. The highest BCUT2D eigenvalue weighted by molar-refractivity contribution is 4.70. The van der Waals surface area contributed by atoms with Crippen LogP contribution in [0.5, 0.6) is 0 Å². The lowest BCUT2D eigenvalue weighted by Crippen LogP contribution is -2.22. The zero-order chi connectivity index (χ0) is 9.19. The Hall–Kier alpha value is -0.680. The second kappa shape index (κ2) is 3.37. The first-order valence-corrected chi connectivity index (χ1v) is 3.93. The summed E-state index contributed by atoms with van der Waals surface area (Å²) in [7, 11) is 0. The van der Waals surface area contributed by atoms with E-state index < -0.39 is 5.79 Å². The smallest absolute Gasteiger partial charge is 0.206 e. The van der Waals surface area contributed by atoms with Crippen molar-refractivity contribution in [3.05, 3.63) is 10.1 Å². The van der Waals surface area contributed by atoms with E-state index in [1.165, 1.54) is 0 Å². The van der Waals surface area contributed by atoms with Gasteiger partial charge >= 0.3 is 0 Å². The van der Waals surface area contributed by atoms with Gasteiger partial charge in [0.05, 0.1) is 12.7 Å². The van der Waals surface area contributed by atoms with Crippen molar-refractivity contribution in [2.24, 2.45) is 0 Å². The topological polar surface area (TPSA) is 61.6 Å². The third-order valence-electron chi connectivity index (χ3n) is 1.70. The molecule has 5 heteroatoms. The molecule has 0 bridgehead atoms. The molecular formula is C7H13NO4. The summed E-state index contributed by atoms with van der Waals surface area (Å²) in [5.41, 5.74) is 0. The van der Waals surface area contributed by atoms with Crippen molar-refractivity contribution in [3.8, 4) is 0 Å². The van der Waals surface area contributed by atoms with Crippen LogP contribution in [0.15, 0.2) is 0 Å². The molecule has 1 unspecified atom stereocenters. The molecule has 1 aliphatic rings. The van der Waals surface area contributed by atoms with Crippen LogP contribution in [-0.4, -0.2) is 30.0 Å². The Labute approximate surface area is 70.8 Å². The van der Waals surface area contributed by atoms with Crippen molar-refractivity contribution in [2.75, 3.05) is 13.2 Å². The van der Waals surface area contributed by atoms with Gasteiger partial charge in [-0.3, -0.25) is 10.1 Å². The third-order valence-corrected chi connectivity index (χ3v) is 1.70. The molecule has 0 N–H and O–H groups in total. The van der Waals surface area contributed by atoms with Crippen LogP contribution in [0.3, 0.4) is 0 Å². The number of rotatable bonds is 3. The van der Waals surface area contributed by atoms with E-state index in [2.05, 4.69) is 0 Å². The Morgan fingerprint density at radius 2 is 2.33 bits per heavy atom. The number of ether oxygens (including phenoxy) is 2. The van der Waals surface area contributed by atoms with Crippen LogP contribution >= 0.6 is 0 Å². The minimum Gasteiger partial charge on any atom is -0.348 e. The molecule has 5 nitrogen and oxygen atoms in total. The van der Waals surface area contributed by atoms with E-state index in [0.29, 0.717) is 13.0 Å². The van der Waals surface area contributed by atoms with Gasteiger partial charge in [-0.2, -0.15) is 0 Å². The van der Waals surface area contributed by atoms with Crippen LogP contribution in [0.2, 0.25) is 0 Å². The summed E-state index contributed by atoms with van der Waals surface area (Å²) in [6.45, 7) is 4.02. The standard InChI is InChI=1S/C7H13NO4/c1-7(2)11-5-6(12-7)3-4-8(9)10/h6H,3-5H2,1-2H3. The van der Waals surface area contributed by atoms with Gasteiger partial charge in [0.2, 0.25) is 6.54 Å². The van der Waals surface area contributed by atoms with Crippen molar-refractivity contribution in [1.82, 2.24) is 0 Å². The molecule has 1 fully saturated rings. The van der Waals surface area contributed by atoms with Crippen molar-refractivity contribution in [1.29, 1.82) is 0 Å². The van der Waals surface area contributed by atoms with Gasteiger partial charge in [-0.15, -0.1) is 0 Å². The fourth-order valence-corrected chi connectivity index (χ4v) is 1.15. The Balaban J connectivity index is 2.24. The fraction of sp³-hybridized carbons (Fsp3) is 1.00. The maximum absolute atomic E-state index is 10.0. The molecule has 0 aromatic carbocycles. The molecule has 0 aromatic rings. The zero-order valence-electron chi connectivity index (χ0n) is 7.28. The van der Waals surface area contributed by atoms with E-state index in [0.717, 1.165) is 0 Å². The Bertz CT molecular complexity index is 180. The van der Waals surface area contributed by atoms with E-state index in [4.69, 9.17) is 9.47 Å². The van der Waals surface area contributed by atoms with Crippen LogP contribution < -0.4 is 0 Å². The van der Waals surface area contributed by atoms with Crippen LogP contribution in [0.4, 0.5) is 0 Å². The molecule has 0 aliphatic carbocycles. The third kappa shape index (κ3) is 2.75. The summed E-state index contributed by atoms with van der Waals surface area (Å²) < 4.78 is 10.6. The van der Waals surface area contributed by atoms with Gasteiger partial charge in [0.15, 0.2) is 5.79 Å². The summed E-state index contributed by atoms with van der Waals surface area (Å²) in [4.78, 5) is 9.69. The monoisotopic (exact) mass is 175 g/mol. The second-order valence-corrected chi connectivity index (χ2v) is 3.30. The summed E-state index contributed by atoms with van der Waals surface area (Å²) in [6.07, 6.45) is 0.307. The van der Waals surface area contributed by atoms with E-state index in [-0.39, 0.29) is 17.6 Å². The molecule has 0 amide bonds. The molecule has 1 rings (SSSR count). The maximum Gasteiger partial charge on any atom is 0.206 e. The molecular weight excluding hydrogens is 162 g/mol. The minimum absolute atomic E-state index is 0.0515. The molecule has 1 atom stereocenters. The summed E-state index contributed by atoms with van der Waals surface area (Å²) in [5.74, 6) is -0.568. The highest BCUT2D eigenvalue weighted by atomic mass is 16.7. The van der Waals surface area contributed by atoms with Gasteiger partial charge in [-0.05, 0) is 13.8 Å². The van der Waals surface area contributed by atoms with Crippen LogP contribution in [0.1, 0.15) is 20.3 Å². The molecule has 70 valence electrons. The van der Waals surface area contributed by atoms with E-state index in [1.807, 2.05) is 0 Å². The number of nitrogens with zero attached hydrogens (tertiary/aromatic N) is 1. The average molecular weight is 175 g/mol. The van der Waals surface area contributed by atoms with Gasteiger partial charge in [-0.25, -0.2) is 0 Å². The molecule has 0 saturated carbocycles. The van der Waals surface area contributed by atoms with Crippen molar-refractivity contribution < 1.29 is 14.4 Å². The van der Waals surface area contributed by atoms with E-state index in [9.17, 15) is 10.1 Å². The maximum atomic E-state index is 10.0. The van der Waals surface area contributed by atoms with Crippen molar-refractivity contribution >= 4 is 0 Å². The van der Waals surface area contributed by atoms with Crippen molar-refractivity contribution in [2.45, 2.75) is 32.2 Å². The van der Waals surface area contributed by atoms with Crippen LogP contribution in [0, 0.1) is 10.1 Å². The van der Waals surface area contributed by atoms with Gasteiger partial charge < -0.3 is 9.47 Å². The predicted molar refractivity (Wildman–Crippen MR) is 41.4 cm³/mol. The number of nitro groups is 1. The van der Waals surface area contributed by atoms with Gasteiger partial charge in [0.25, 0.3) is 0 Å². The number of hydrogen-bond acceptors (Lipinski definition) is 4. The van der Waals surface area contributed by atoms with Gasteiger partial charge in [-0.1, -0.05) is 0 Å². The highest BCUT2D eigenvalue weighted by Gasteiger charge is 2.32. The summed E-state index contributed by atoms with van der Waals surface area (Å²) in [5, 5.41) is 10.0. The zero-order valence-corrected chi connectivity index (χ0v) is 7.28. The lowest BCUT2D eigenvalue weighted by molar-refractivity contribution is -0.482. The normalized spacial score (nSPS) is 27.3. The average Bonchev–Trinajstić information content (AvgIpc) is 2.26. The second-order valence-electron chi connectivity index (χ2n) is 3.30. The lowest BCUT2D eigenvalue weighted by Gasteiger charge is -2.16. The predicted octanol–water partition coefficient (Wildman–Crippen LogP) is 0.805. The van der Waals surface area contributed by atoms with Gasteiger partial charge in [0.1, 0.15) is 0 Å². The lowest BCUT2D eigenvalue weighted by atomic mass is 10.3. The number of hydrogen-bond donors (Lipinski definition) is 0. The molecule has 12 heavy (non-hydrogen) atoms. The minimum atomic E-state index is -0.568. The first-order chi connectivity index (χ1) is 5.49. The van der Waals surface area contributed by atoms with Crippen LogP contribution in [0.25, 0.3) is 0 Å². The molecule has 0 spiro atoms. The molecule has 0 aromatic heterocycles. The SMILES string of the molecule is CC1(C)OCC(CC[N+](=O)[O-])O1. The summed E-state index contributed by atoms with van der Waals surface area (Å²) >= 11 is 0. The largest absolute Gasteiger partial charge is 0.348 e. The van der Waals surface area contributed by atoms with Gasteiger partial charge in [0, 0.05) is 11.3 Å². The Morgan fingerprint density at radius 1 is 1.67 bits per heavy atom. The molecule has 1 aliphatic heterocycles. The van der Waals surface area contributed by atoms with Crippen molar-refractivity contribution in [3.63, 3.8) is 0 Å². The first-order valence-electron chi connectivity index (χ1n) is 3.93. The molecule has 1 saturated heterocycles. The Kier molecular flexibility index (Phi) is 2.64. The van der Waals surface area contributed by atoms with E-state index in [1.54, 1.807) is 13.8 Å². The molecule has 1 heterocycles. The first kappa shape index (κ1) is 9.41. The van der Waals surface area contributed by atoms with E-state index >= 15 is 0 Å².